The second-order valence-electron chi connectivity index (χ2n) is 6.62. The quantitative estimate of drug-likeness (QED) is 0.787. The van der Waals surface area contributed by atoms with Crippen molar-refractivity contribution in [2.45, 2.75) is 25.2 Å². The average Bonchev–Trinajstić information content (AvgIpc) is 3.20. The molecule has 6 heteroatoms. The lowest BCUT2D eigenvalue weighted by Crippen LogP contribution is -2.40. The molecule has 0 unspecified atom stereocenters. The summed E-state index contributed by atoms with van der Waals surface area (Å²) in [4.78, 5) is 23.3. The summed E-state index contributed by atoms with van der Waals surface area (Å²) in [5.74, 6) is 1.91. The number of amides is 1. The van der Waals surface area contributed by atoms with Gasteiger partial charge in [0.05, 0.1) is 6.42 Å². The van der Waals surface area contributed by atoms with Gasteiger partial charge in [-0.2, -0.15) is 5.10 Å². The molecule has 0 radical (unpaired) electrons. The summed E-state index contributed by atoms with van der Waals surface area (Å²) in [6.07, 6.45) is 5.91. The molecule has 1 aliphatic rings. The number of hydrogen-bond donors (Lipinski definition) is 1. The molecular weight excluding hydrogens is 326 g/mol. The molecule has 1 atom stereocenters. The fourth-order valence-electron chi connectivity index (χ4n) is 3.40. The number of H-pyrrole nitrogens is 1. The lowest BCUT2D eigenvalue weighted by Gasteiger charge is -2.31. The summed E-state index contributed by atoms with van der Waals surface area (Å²) >= 11 is 0. The smallest absolute Gasteiger partial charge is 0.227 e. The average molecular weight is 347 g/mol. The molecule has 26 heavy (non-hydrogen) atoms. The fourth-order valence-corrected chi connectivity index (χ4v) is 3.40. The van der Waals surface area contributed by atoms with Gasteiger partial charge in [0.1, 0.15) is 5.82 Å². The van der Waals surface area contributed by atoms with E-state index in [1.165, 1.54) is 0 Å². The number of hydrogen-bond acceptors (Lipinski definition) is 4. The first-order chi connectivity index (χ1) is 12.8. The van der Waals surface area contributed by atoms with E-state index in [-0.39, 0.29) is 11.8 Å². The van der Waals surface area contributed by atoms with Crippen LogP contribution in [0.15, 0.2) is 54.9 Å². The predicted octanol–water partition coefficient (Wildman–Crippen LogP) is 2.82. The Kier molecular flexibility index (Phi) is 4.73. The van der Waals surface area contributed by atoms with Crippen LogP contribution in [0.5, 0.6) is 0 Å². The van der Waals surface area contributed by atoms with Crippen LogP contribution in [0.4, 0.5) is 0 Å². The van der Waals surface area contributed by atoms with Crippen molar-refractivity contribution in [3.63, 3.8) is 0 Å². The zero-order valence-electron chi connectivity index (χ0n) is 14.5. The Hall–Kier alpha value is -3.02. The molecule has 0 spiro atoms. The van der Waals surface area contributed by atoms with E-state index in [0.717, 1.165) is 36.3 Å². The molecule has 4 rings (SSSR count). The molecule has 0 bridgehead atoms. The zero-order chi connectivity index (χ0) is 17.8. The van der Waals surface area contributed by atoms with Crippen molar-refractivity contribution in [3.8, 4) is 11.4 Å². The highest BCUT2D eigenvalue weighted by Crippen LogP contribution is 2.26. The van der Waals surface area contributed by atoms with E-state index in [0.29, 0.717) is 18.8 Å². The standard InChI is InChI=1S/C20H21N5O/c26-18(13-15-5-2-1-3-6-15)25-12-4-7-17(14-25)20-22-19(23-24-20)16-8-10-21-11-9-16/h1-3,5-6,8-11,17H,4,7,12-14H2,(H,22,23,24)/t17-/m1/s1. The molecule has 2 aromatic heterocycles. The second-order valence-corrected chi connectivity index (χ2v) is 6.62. The number of piperidine rings is 1. The van der Waals surface area contributed by atoms with Crippen molar-refractivity contribution in [3.05, 3.63) is 66.2 Å². The van der Waals surface area contributed by atoms with Crippen molar-refractivity contribution in [2.24, 2.45) is 0 Å². The minimum atomic E-state index is 0.176. The highest BCUT2D eigenvalue weighted by Gasteiger charge is 2.27. The normalized spacial score (nSPS) is 17.2. The van der Waals surface area contributed by atoms with Crippen molar-refractivity contribution < 1.29 is 4.79 Å². The largest absolute Gasteiger partial charge is 0.342 e. The Bertz CT molecular complexity index is 862. The first kappa shape index (κ1) is 16.4. The highest BCUT2D eigenvalue weighted by atomic mass is 16.2. The van der Waals surface area contributed by atoms with Gasteiger partial charge in [0.25, 0.3) is 0 Å². The number of nitrogens with zero attached hydrogens (tertiary/aromatic N) is 4. The molecule has 1 aromatic carbocycles. The van der Waals surface area contributed by atoms with E-state index in [1.54, 1.807) is 12.4 Å². The Balaban J connectivity index is 1.44. The van der Waals surface area contributed by atoms with Gasteiger partial charge in [-0.3, -0.25) is 14.9 Å². The number of benzene rings is 1. The molecule has 0 aliphatic carbocycles. The van der Waals surface area contributed by atoms with Crippen LogP contribution in [0.3, 0.4) is 0 Å². The number of aromatic nitrogens is 4. The van der Waals surface area contributed by atoms with Crippen LogP contribution in [-0.2, 0) is 11.2 Å². The zero-order valence-corrected chi connectivity index (χ0v) is 14.5. The van der Waals surface area contributed by atoms with Crippen molar-refractivity contribution in [1.82, 2.24) is 25.1 Å². The van der Waals surface area contributed by atoms with Gasteiger partial charge in [-0.25, -0.2) is 4.98 Å². The molecule has 0 saturated carbocycles. The lowest BCUT2D eigenvalue weighted by molar-refractivity contribution is -0.131. The lowest BCUT2D eigenvalue weighted by atomic mass is 9.96. The molecule has 3 aromatic rings. The fraction of sp³-hybridized carbons (Fsp3) is 0.300. The Labute approximate surface area is 152 Å². The van der Waals surface area contributed by atoms with Gasteiger partial charge in [0.2, 0.25) is 5.91 Å². The molecule has 1 N–H and O–H groups in total. The minimum Gasteiger partial charge on any atom is -0.342 e. The van der Waals surface area contributed by atoms with Crippen molar-refractivity contribution in [2.75, 3.05) is 13.1 Å². The molecule has 132 valence electrons. The summed E-state index contributed by atoms with van der Waals surface area (Å²) in [5, 5.41) is 7.40. The van der Waals surface area contributed by atoms with Crippen LogP contribution >= 0.6 is 0 Å². The van der Waals surface area contributed by atoms with Crippen molar-refractivity contribution >= 4 is 5.91 Å². The van der Waals surface area contributed by atoms with E-state index in [9.17, 15) is 4.79 Å². The van der Waals surface area contributed by atoms with E-state index >= 15 is 0 Å². The minimum absolute atomic E-state index is 0.176. The van der Waals surface area contributed by atoms with Crippen LogP contribution in [-0.4, -0.2) is 44.1 Å². The number of likely N-dealkylation sites (tertiary alicyclic amines) is 1. The van der Waals surface area contributed by atoms with Gasteiger partial charge in [0, 0.05) is 37.0 Å². The SMILES string of the molecule is O=C(Cc1ccccc1)N1CCC[C@@H](c2nc(-c3ccncc3)n[nH]2)C1. The molecule has 6 nitrogen and oxygen atoms in total. The number of pyridine rings is 1. The molecular formula is C20H21N5O. The van der Waals surface area contributed by atoms with Gasteiger partial charge < -0.3 is 4.90 Å². The van der Waals surface area contributed by atoms with E-state index in [2.05, 4.69) is 20.2 Å². The summed E-state index contributed by atoms with van der Waals surface area (Å²) < 4.78 is 0. The van der Waals surface area contributed by atoms with Gasteiger partial charge in [-0.15, -0.1) is 0 Å². The van der Waals surface area contributed by atoms with Gasteiger partial charge >= 0.3 is 0 Å². The number of carbonyl (C=O) groups excluding carboxylic acids is 1. The van der Waals surface area contributed by atoms with Crippen LogP contribution in [0, 0.1) is 0 Å². The molecule has 1 fully saturated rings. The van der Waals surface area contributed by atoms with Gasteiger partial charge in [-0.1, -0.05) is 30.3 Å². The summed E-state index contributed by atoms with van der Waals surface area (Å²) in [5.41, 5.74) is 1.99. The van der Waals surface area contributed by atoms with E-state index in [4.69, 9.17) is 0 Å². The maximum atomic E-state index is 12.6. The molecule has 1 amide bonds. The van der Waals surface area contributed by atoms with E-state index < -0.39 is 0 Å². The highest BCUT2D eigenvalue weighted by molar-refractivity contribution is 5.79. The third-order valence-electron chi connectivity index (χ3n) is 4.80. The monoisotopic (exact) mass is 347 g/mol. The number of nitrogens with one attached hydrogen (secondary N) is 1. The maximum Gasteiger partial charge on any atom is 0.227 e. The summed E-state index contributed by atoms with van der Waals surface area (Å²) in [7, 11) is 0. The van der Waals surface area contributed by atoms with Crippen LogP contribution in [0.1, 0.15) is 30.1 Å². The third kappa shape index (κ3) is 3.64. The number of aromatic amines is 1. The molecule has 3 heterocycles. The van der Waals surface area contributed by atoms with Crippen LogP contribution in [0.2, 0.25) is 0 Å². The van der Waals surface area contributed by atoms with Gasteiger partial charge in [-0.05, 0) is 30.5 Å². The van der Waals surface area contributed by atoms with Crippen molar-refractivity contribution in [1.29, 1.82) is 0 Å². The van der Waals surface area contributed by atoms with Gasteiger partial charge in [0.15, 0.2) is 5.82 Å². The first-order valence-corrected chi connectivity index (χ1v) is 8.94. The summed E-state index contributed by atoms with van der Waals surface area (Å²) in [6.45, 7) is 1.50. The first-order valence-electron chi connectivity index (χ1n) is 8.94. The summed E-state index contributed by atoms with van der Waals surface area (Å²) in [6, 6.07) is 13.7. The Morgan fingerprint density at radius 3 is 2.77 bits per heavy atom. The molecule has 1 saturated heterocycles. The third-order valence-corrected chi connectivity index (χ3v) is 4.80. The predicted molar refractivity (Wildman–Crippen MR) is 98.3 cm³/mol. The van der Waals surface area contributed by atoms with E-state index in [1.807, 2.05) is 47.4 Å². The maximum absolute atomic E-state index is 12.6. The second kappa shape index (κ2) is 7.47. The Morgan fingerprint density at radius 2 is 1.96 bits per heavy atom. The van der Waals surface area contributed by atoms with Crippen LogP contribution in [0.25, 0.3) is 11.4 Å². The topological polar surface area (TPSA) is 74.8 Å². The molecule has 1 aliphatic heterocycles. The van der Waals surface area contributed by atoms with Crippen LogP contribution < -0.4 is 0 Å². The Morgan fingerprint density at radius 1 is 1.15 bits per heavy atom. The number of rotatable bonds is 4. The number of carbonyl (C=O) groups is 1.